The molecule has 2 spiro atoms. The maximum atomic E-state index is 13.3. The number of piperidine rings is 2. The number of phenols is 2. The van der Waals surface area contributed by atoms with Crippen molar-refractivity contribution >= 4 is 0 Å². The molecule has 8 heteroatoms. The predicted molar refractivity (Wildman–Crippen MR) is 253 cm³/mol. The Morgan fingerprint density at radius 1 is 0.812 bits per heavy atom. The number of aliphatic hydroxyl groups is 1. The molecule has 2 aromatic rings. The number of benzene rings is 2. The fourth-order valence-electron chi connectivity index (χ4n) is 16.2. The molecule has 5 aliphatic carbocycles. The Labute approximate surface area is 385 Å². The van der Waals surface area contributed by atoms with Gasteiger partial charge in [-0.05, 0) is 165 Å². The average molecular weight is 879 g/mol. The highest BCUT2D eigenvalue weighted by molar-refractivity contribution is 5.85. The van der Waals surface area contributed by atoms with Crippen molar-refractivity contribution in [2.24, 2.45) is 58.2 Å². The van der Waals surface area contributed by atoms with Gasteiger partial charge in [-0.2, -0.15) is 0 Å². The van der Waals surface area contributed by atoms with Crippen LogP contribution in [0.15, 0.2) is 12.1 Å². The van der Waals surface area contributed by atoms with Crippen LogP contribution in [0.4, 0.5) is 0 Å². The first-order chi connectivity index (χ1) is 30.3. The summed E-state index contributed by atoms with van der Waals surface area (Å²) in [7, 11) is 1.88. The third kappa shape index (κ3) is 6.11. The standard InChI is InChI=1S/C56H82N2O6/c1-12-34-22-38(45(59)48-43(34)54-18-20-57(27-32-14-15-32)29-36(54)25-37(30(3)52(5,6)7)47(62-11)50(54)63-48)39-23-35-24-42-41-26-40(31(4)53(8,9)10)56(61,13-2)51-55(41,44(35)49(64-51)46(39)60)19-21-58(42)28-33-16-17-33/h22-23,30-33,36-37,40-42,47,50-51,59-61H,12-21,24-29H2,1-11H3/t30-,31-,36?,37-,40-,41?,42-,47-,50+,51-,54+,55+,56?/m1/s1. The Kier molecular flexibility index (Phi) is 10.1. The molecule has 13 atom stereocenters. The topological polar surface area (TPSA) is 94.9 Å². The second-order valence-electron chi connectivity index (χ2n) is 25.6. The van der Waals surface area contributed by atoms with Gasteiger partial charge in [0.1, 0.15) is 17.8 Å². The van der Waals surface area contributed by atoms with E-state index >= 15 is 0 Å². The van der Waals surface area contributed by atoms with E-state index < -0.39 is 11.7 Å². The van der Waals surface area contributed by atoms with Gasteiger partial charge in [0.2, 0.25) is 0 Å². The summed E-state index contributed by atoms with van der Waals surface area (Å²) in [6.45, 7) is 28.7. The van der Waals surface area contributed by atoms with Crippen LogP contribution in [0.1, 0.15) is 149 Å². The number of aryl methyl sites for hydroxylation is 1. The Morgan fingerprint density at radius 3 is 2.08 bits per heavy atom. The SMILES string of the molecule is CCc1cc(-c2cc3c4c(c2O)O[C@H]2C(O)(CC)[C@@H]([C@@H](C)C(C)(C)C)CC5[C@@H](C3)N(CC3CC3)CC[C@@]452)c(O)c2c1[C@]13CCN(CC4CC4)CC1C[C@H]([C@@H](C)C(C)(C)C)[C@@H](OC)[C@@H]3O2. The second kappa shape index (κ2) is 14.7. The number of rotatable bonds is 10. The maximum absolute atomic E-state index is 13.3. The van der Waals surface area contributed by atoms with Crippen LogP contribution in [0.25, 0.3) is 11.1 Å². The molecule has 8 nitrogen and oxygen atoms in total. The van der Waals surface area contributed by atoms with E-state index in [1.807, 2.05) is 7.11 Å². The molecule has 352 valence electrons. The van der Waals surface area contributed by atoms with E-state index in [1.54, 1.807) is 0 Å². The van der Waals surface area contributed by atoms with Gasteiger partial charge in [0.25, 0.3) is 0 Å². The lowest BCUT2D eigenvalue weighted by Crippen LogP contribution is -2.73. The predicted octanol–water partition coefficient (Wildman–Crippen LogP) is 10.3. The molecule has 3 unspecified atom stereocenters. The van der Waals surface area contributed by atoms with Gasteiger partial charge in [0, 0.05) is 65.9 Å². The molecule has 4 aliphatic heterocycles. The van der Waals surface area contributed by atoms with Crippen molar-refractivity contribution in [2.75, 3.05) is 39.8 Å². The lowest BCUT2D eigenvalue weighted by Gasteiger charge is -2.64. The van der Waals surface area contributed by atoms with Gasteiger partial charge in [-0.15, -0.1) is 0 Å². The van der Waals surface area contributed by atoms with E-state index in [4.69, 9.17) is 14.2 Å². The van der Waals surface area contributed by atoms with Crippen molar-refractivity contribution < 1.29 is 29.5 Å². The smallest absolute Gasteiger partial charge is 0.166 e. The summed E-state index contributed by atoms with van der Waals surface area (Å²) in [5, 5.41) is 39.1. The first-order valence-electron chi connectivity index (χ1n) is 26.2. The molecule has 4 heterocycles. The summed E-state index contributed by atoms with van der Waals surface area (Å²) in [5.41, 5.74) is 4.47. The Balaban J connectivity index is 1.05. The third-order valence-corrected chi connectivity index (χ3v) is 20.7. The third-order valence-electron chi connectivity index (χ3n) is 20.7. The van der Waals surface area contributed by atoms with Gasteiger partial charge in [-0.1, -0.05) is 69.2 Å². The van der Waals surface area contributed by atoms with E-state index in [0.717, 1.165) is 82.1 Å². The fourth-order valence-corrected chi connectivity index (χ4v) is 16.2. The monoisotopic (exact) mass is 879 g/mol. The van der Waals surface area contributed by atoms with Crippen LogP contribution in [0.2, 0.25) is 0 Å². The number of nitrogens with zero attached hydrogens (tertiary/aromatic N) is 2. The minimum absolute atomic E-state index is 0.0194. The van der Waals surface area contributed by atoms with E-state index in [2.05, 4.69) is 91.2 Å². The van der Waals surface area contributed by atoms with E-state index in [-0.39, 0.29) is 57.2 Å². The molecule has 6 fully saturated rings. The zero-order valence-electron chi connectivity index (χ0n) is 41.4. The summed E-state index contributed by atoms with van der Waals surface area (Å²) in [6.07, 6.45) is 10.9. The summed E-state index contributed by atoms with van der Waals surface area (Å²) in [6, 6.07) is 4.77. The molecule has 4 saturated carbocycles. The molecule has 2 saturated heterocycles. The molecule has 2 bridgehead atoms. The van der Waals surface area contributed by atoms with Crippen LogP contribution in [0.3, 0.4) is 0 Å². The van der Waals surface area contributed by atoms with Gasteiger partial charge in [0.05, 0.1) is 6.10 Å². The first-order valence-corrected chi connectivity index (χ1v) is 26.2. The highest BCUT2D eigenvalue weighted by Gasteiger charge is 2.72. The molecule has 3 N–H and O–H groups in total. The van der Waals surface area contributed by atoms with E-state index in [0.29, 0.717) is 58.8 Å². The number of hydrogen-bond acceptors (Lipinski definition) is 8. The lowest BCUT2D eigenvalue weighted by atomic mass is 9.44. The number of fused-ring (bicyclic) bond motifs is 1. The second-order valence-corrected chi connectivity index (χ2v) is 25.6. The van der Waals surface area contributed by atoms with Gasteiger partial charge < -0.3 is 34.4 Å². The number of methoxy groups -OCH3 is 1. The minimum atomic E-state index is -1.05. The Morgan fingerprint density at radius 2 is 1.45 bits per heavy atom. The summed E-state index contributed by atoms with van der Waals surface area (Å²) in [5.74, 6) is 4.82. The highest BCUT2D eigenvalue weighted by Crippen LogP contribution is 2.70. The van der Waals surface area contributed by atoms with Crippen LogP contribution < -0.4 is 9.47 Å². The zero-order valence-corrected chi connectivity index (χ0v) is 41.4. The lowest BCUT2D eigenvalue weighted by molar-refractivity contribution is -0.208. The van der Waals surface area contributed by atoms with Crippen molar-refractivity contribution in [3.05, 3.63) is 34.4 Å². The van der Waals surface area contributed by atoms with Crippen molar-refractivity contribution in [1.82, 2.24) is 9.80 Å². The molecular weight excluding hydrogens is 797 g/mol. The number of hydrogen-bond donors (Lipinski definition) is 3. The normalized spacial score (nSPS) is 38.7. The maximum Gasteiger partial charge on any atom is 0.166 e. The van der Waals surface area contributed by atoms with Crippen LogP contribution >= 0.6 is 0 Å². The van der Waals surface area contributed by atoms with Crippen LogP contribution in [-0.2, 0) is 28.4 Å². The molecular formula is C56H82N2O6. The summed E-state index contributed by atoms with van der Waals surface area (Å²) >= 11 is 0. The molecule has 0 aromatic heterocycles. The molecule has 64 heavy (non-hydrogen) atoms. The number of ether oxygens (including phenoxy) is 3. The van der Waals surface area contributed by atoms with E-state index in [9.17, 15) is 15.3 Å². The van der Waals surface area contributed by atoms with Crippen molar-refractivity contribution in [2.45, 2.75) is 181 Å². The van der Waals surface area contributed by atoms with Crippen molar-refractivity contribution in [1.29, 1.82) is 0 Å². The average Bonchev–Trinajstić information content (AvgIpc) is 4.19. The number of aromatic hydroxyl groups is 2. The Hall–Kier alpha value is -2.52. The van der Waals surface area contributed by atoms with E-state index in [1.165, 1.54) is 48.9 Å². The van der Waals surface area contributed by atoms with Crippen molar-refractivity contribution in [3.63, 3.8) is 0 Å². The quantitative estimate of drug-likeness (QED) is 0.217. The highest BCUT2D eigenvalue weighted by atomic mass is 16.5. The molecule has 11 rings (SSSR count). The van der Waals surface area contributed by atoms with Crippen LogP contribution in [-0.4, -0.2) is 94.9 Å². The minimum Gasteiger partial charge on any atom is -0.504 e. The van der Waals surface area contributed by atoms with Gasteiger partial charge >= 0.3 is 0 Å². The zero-order chi connectivity index (χ0) is 45.2. The van der Waals surface area contributed by atoms with Gasteiger partial charge in [0.15, 0.2) is 23.0 Å². The number of likely N-dealkylation sites (tertiary alicyclic amines) is 2. The fraction of sp³-hybridized carbons (Fsp3) is 0.786. The largest absolute Gasteiger partial charge is 0.504 e. The Bertz CT molecular complexity index is 2180. The van der Waals surface area contributed by atoms with Crippen LogP contribution in [0, 0.1) is 58.2 Å². The first kappa shape index (κ1) is 44.0. The van der Waals surface area contributed by atoms with Gasteiger partial charge in [-0.3, -0.25) is 4.90 Å². The summed E-state index contributed by atoms with van der Waals surface area (Å²) in [4.78, 5) is 5.56. The van der Waals surface area contributed by atoms with Gasteiger partial charge in [-0.25, -0.2) is 0 Å². The molecule has 0 amide bonds. The number of phenolic OH excluding ortho intramolecular Hbond substituents is 2. The molecule has 9 aliphatic rings. The van der Waals surface area contributed by atoms with Crippen LogP contribution in [0.5, 0.6) is 23.0 Å². The molecule has 0 radical (unpaired) electrons. The molecule has 2 aromatic carbocycles. The van der Waals surface area contributed by atoms with Crippen molar-refractivity contribution in [3.8, 4) is 34.1 Å². The summed E-state index contributed by atoms with van der Waals surface area (Å²) < 4.78 is 21.3.